The Morgan fingerprint density at radius 1 is 1.30 bits per heavy atom. The van der Waals surface area contributed by atoms with Crippen LogP contribution in [-0.2, 0) is 6.61 Å². The number of aromatic carboxylic acids is 1. The number of hydrogen-bond donors (Lipinski definition) is 1. The number of hydrogen-bond acceptors (Lipinski definition) is 3. The molecule has 2 aromatic rings. The Hall–Kier alpha value is -2.87. The van der Waals surface area contributed by atoms with Crippen LogP contribution in [0.3, 0.4) is 0 Å². The lowest BCUT2D eigenvalue weighted by molar-refractivity contribution is 0.0696. The van der Waals surface area contributed by atoms with Gasteiger partial charge in [-0.1, -0.05) is 12.1 Å². The van der Waals surface area contributed by atoms with Gasteiger partial charge >= 0.3 is 5.97 Å². The normalized spacial score (nSPS) is 9.80. The van der Waals surface area contributed by atoms with E-state index in [4.69, 9.17) is 15.1 Å². The second-order valence-electron chi connectivity index (χ2n) is 4.01. The zero-order chi connectivity index (χ0) is 14.5. The summed E-state index contributed by atoms with van der Waals surface area (Å²) in [6.45, 7) is -0.147. The average molecular weight is 271 g/mol. The van der Waals surface area contributed by atoms with Gasteiger partial charge in [0, 0.05) is 5.56 Å². The number of rotatable bonds is 4. The van der Waals surface area contributed by atoms with Crippen LogP contribution in [-0.4, -0.2) is 11.1 Å². The molecule has 0 fully saturated rings. The van der Waals surface area contributed by atoms with Crippen LogP contribution in [0.25, 0.3) is 0 Å². The molecule has 0 heterocycles. The largest absolute Gasteiger partial charge is 0.487 e. The summed E-state index contributed by atoms with van der Waals surface area (Å²) in [5.41, 5.74) is 0.443. The molecule has 5 heteroatoms. The molecule has 0 radical (unpaired) electrons. The highest BCUT2D eigenvalue weighted by atomic mass is 19.1. The van der Waals surface area contributed by atoms with E-state index in [0.29, 0.717) is 11.3 Å². The summed E-state index contributed by atoms with van der Waals surface area (Å²) in [6.07, 6.45) is 0. The Morgan fingerprint density at radius 2 is 2.05 bits per heavy atom. The number of carboxylic acids is 1. The minimum atomic E-state index is -1.14. The van der Waals surface area contributed by atoms with Crippen LogP contribution < -0.4 is 4.74 Å². The van der Waals surface area contributed by atoms with Crippen molar-refractivity contribution in [1.29, 1.82) is 5.26 Å². The molecule has 4 nitrogen and oxygen atoms in total. The molecular weight excluding hydrogens is 261 g/mol. The molecule has 100 valence electrons. The van der Waals surface area contributed by atoms with Crippen molar-refractivity contribution in [3.63, 3.8) is 0 Å². The first-order chi connectivity index (χ1) is 9.61. The zero-order valence-electron chi connectivity index (χ0n) is 10.3. The molecule has 0 aliphatic heterocycles. The van der Waals surface area contributed by atoms with E-state index in [0.717, 1.165) is 6.07 Å². The summed E-state index contributed by atoms with van der Waals surface area (Å²) in [5, 5.41) is 17.8. The summed E-state index contributed by atoms with van der Waals surface area (Å²) >= 11 is 0. The molecule has 0 unspecified atom stereocenters. The van der Waals surface area contributed by atoms with Gasteiger partial charge in [0.05, 0.1) is 11.1 Å². The predicted octanol–water partition coefficient (Wildman–Crippen LogP) is 2.97. The SMILES string of the molecule is N#Cc1ccccc1OCc1cc(C(=O)O)ccc1F. The molecule has 0 saturated heterocycles. The third-order valence-electron chi connectivity index (χ3n) is 2.68. The van der Waals surface area contributed by atoms with Crippen molar-refractivity contribution in [2.45, 2.75) is 6.61 Å². The molecule has 20 heavy (non-hydrogen) atoms. The van der Waals surface area contributed by atoms with Crippen LogP contribution in [0.2, 0.25) is 0 Å². The van der Waals surface area contributed by atoms with Crippen LogP contribution in [0.1, 0.15) is 21.5 Å². The van der Waals surface area contributed by atoms with Crippen molar-refractivity contribution in [3.8, 4) is 11.8 Å². The molecule has 0 aliphatic carbocycles. The molecule has 0 atom stereocenters. The highest BCUT2D eigenvalue weighted by Crippen LogP contribution is 2.19. The molecule has 0 aromatic heterocycles. The Balaban J connectivity index is 2.21. The van der Waals surface area contributed by atoms with E-state index in [2.05, 4.69) is 0 Å². The van der Waals surface area contributed by atoms with Crippen LogP contribution in [0.4, 0.5) is 4.39 Å². The van der Waals surface area contributed by atoms with E-state index in [1.165, 1.54) is 12.1 Å². The van der Waals surface area contributed by atoms with Crippen LogP contribution in [0.15, 0.2) is 42.5 Å². The number of carbonyl (C=O) groups is 1. The van der Waals surface area contributed by atoms with E-state index in [1.807, 2.05) is 6.07 Å². The van der Waals surface area contributed by atoms with E-state index in [9.17, 15) is 9.18 Å². The molecule has 0 aliphatic rings. The van der Waals surface area contributed by atoms with Crippen LogP contribution in [0, 0.1) is 17.1 Å². The standard InChI is InChI=1S/C15H10FNO3/c16-13-6-5-10(15(18)19)7-12(13)9-20-14-4-2-1-3-11(14)8-17/h1-7H,9H2,(H,18,19). The van der Waals surface area contributed by atoms with Crippen molar-refractivity contribution in [2.75, 3.05) is 0 Å². The fourth-order valence-electron chi connectivity index (χ4n) is 1.66. The van der Waals surface area contributed by atoms with Gasteiger partial charge < -0.3 is 9.84 Å². The molecule has 2 aromatic carbocycles. The maximum Gasteiger partial charge on any atom is 0.335 e. The summed E-state index contributed by atoms with van der Waals surface area (Å²) in [4.78, 5) is 10.8. The number of halogens is 1. The first-order valence-corrected chi connectivity index (χ1v) is 5.75. The van der Waals surface area contributed by atoms with Gasteiger partial charge in [0.15, 0.2) is 0 Å². The lowest BCUT2D eigenvalue weighted by atomic mass is 10.1. The first kappa shape index (κ1) is 13.6. The third kappa shape index (κ3) is 2.93. The molecule has 1 N–H and O–H groups in total. The summed E-state index contributed by atoms with van der Waals surface area (Å²) in [7, 11) is 0. The maximum atomic E-state index is 13.6. The fraction of sp³-hybridized carbons (Fsp3) is 0.0667. The van der Waals surface area contributed by atoms with Crippen LogP contribution >= 0.6 is 0 Å². The average Bonchev–Trinajstić information content (AvgIpc) is 2.46. The second kappa shape index (κ2) is 5.85. The Bertz CT molecular complexity index is 692. The number of para-hydroxylation sites is 1. The lowest BCUT2D eigenvalue weighted by Crippen LogP contribution is -2.03. The number of ether oxygens (including phenoxy) is 1. The number of nitrogens with zero attached hydrogens (tertiary/aromatic N) is 1. The smallest absolute Gasteiger partial charge is 0.335 e. The molecular formula is C15H10FNO3. The summed E-state index contributed by atoms with van der Waals surface area (Å²) in [6, 6.07) is 12.0. The van der Waals surface area contributed by atoms with E-state index in [1.54, 1.807) is 24.3 Å². The van der Waals surface area contributed by atoms with Gasteiger partial charge in [0.2, 0.25) is 0 Å². The Labute approximate surface area is 114 Å². The Morgan fingerprint density at radius 3 is 2.75 bits per heavy atom. The van der Waals surface area contributed by atoms with Crippen molar-refractivity contribution < 1.29 is 19.0 Å². The molecule has 0 saturated carbocycles. The van der Waals surface area contributed by atoms with Crippen molar-refractivity contribution in [3.05, 3.63) is 65.0 Å². The van der Waals surface area contributed by atoms with Crippen molar-refractivity contribution in [1.82, 2.24) is 0 Å². The molecule has 2 rings (SSSR count). The fourth-order valence-corrected chi connectivity index (χ4v) is 1.66. The number of carboxylic acid groups (broad SMARTS) is 1. The second-order valence-corrected chi connectivity index (χ2v) is 4.01. The van der Waals surface area contributed by atoms with E-state index < -0.39 is 11.8 Å². The monoisotopic (exact) mass is 271 g/mol. The summed E-state index contributed by atoms with van der Waals surface area (Å²) in [5.74, 6) is -1.36. The van der Waals surface area contributed by atoms with Crippen LogP contribution in [0.5, 0.6) is 5.75 Å². The molecule has 0 bridgehead atoms. The van der Waals surface area contributed by atoms with Gasteiger partial charge in [-0.2, -0.15) is 5.26 Å². The van der Waals surface area contributed by atoms with Gasteiger partial charge in [0.25, 0.3) is 0 Å². The van der Waals surface area contributed by atoms with E-state index >= 15 is 0 Å². The molecule has 0 amide bonds. The Kier molecular flexibility index (Phi) is 3.96. The lowest BCUT2D eigenvalue weighted by Gasteiger charge is -2.09. The number of nitriles is 1. The first-order valence-electron chi connectivity index (χ1n) is 5.75. The molecule has 0 spiro atoms. The van der Waals surface area contributed by atoms with Crippen molar-refractivity contribution >= 4 is 5.97 Å². The maximum absolute atomic E-state index is 13.6. The van der Waals surface area contributed by atoms with Gasteiger partial charge in [-0.3, -0.25) is 0 Å². The quantitative estimate of drug-likeness (QED) is 0.928. The predicted molar refractivity (Wildman–Crippen MR) is 68.8 cm³/mol. The van der Waals surface area contributed by atoms with Gasteiger partial charge in [-0.25, -0.2) is 9.18 Å². The number of benzene rings is 2. The minimum absolute atomic E-state index is 0.0152. The van der Waals surface area contributed by atoms with Crippen molar-refractivity contribution in [2.24, 2.45) is 0 Å². The third-order valence-corrected chi connectivity index (χ3v) is 2.68. The minimum Gasteiger partial charge on any atom is -0.487 e. The highest BCUT2D eigenvalue weighted by molar-refractivity contribution is 5.87. The summed E-state index contributed by atoms with van der Waals surface area (Å²) < 4.78 is 19.0. The topological polar surface area (TPSA) is 70.3 Å². The zero-order valence-corrected chi connectivity index (χ0v) is 10.3. The van der Waals surface area contributed by atoms with Gasteiger partial charge in [0.1, 0.15) is 24.2 Å². The highest BCUT2D eigenvalue weighted by Gasteiger charge is 2.10. The van der Waals surface area contributed by atoms with Gasteiger partial charge in [-0.15, -0.1) is 0 Å². The van der Waals surface area contributed by atoms with Gasteiger partial charge in [-0.05, 0) is 30.3 Å². The van der Waals surface area contributed by atoms with E-state index in [-0.39, 0.29) is 17.7 Å².